The Hall–Kier alpha value is -3.45. The van der Waals surface area contributed by atoms with Gasteiger partial charge < -0.3 is 0 Å². The summed E-state index contributed by atoms with van der Waals surface area (Å²) in [5.74, 6) is -0.542. The van der Waals surface area contributed by atoms with Gasteiger partial charge in [0.25, 0.3) is 15.9 Å². The number of benzene rings is 3. The molecule has 0 unspecified atom stereocenters. The van der Waals surface area contributed by atoms with E-state index in [1.54, 1.807) is 48.5 Å². The van der Waals surface area contributed by atoms with Gasteiger partial charge in [-0.3, -0.25) is 9.10 Å². The molecule has 3 aromatic carbocycles. The molecule has 0 radical (unpaired) electrons. The van der Waals surface area contributed by atoms with Gasteiger partial charge >= 0.3 is 0 Å². The lowest BCUT2D eigenvalue weighted by molar-refractivity contribution is -0.119. The summed E-state index contributed by atoms with van der Waals surface area (Å²) in [4.78, 5) is 12.7. The van der Waals surface area contributed by atoms with Crippen LogP contribution in [0.1, 0.15) is 22.3 Å². The summed E-state index contributed by atoms with van der Waals surface area (Å²) in [5.41, 5.74) is 6.71. The van der Waals surface area contributed by atoms with E-state index < -0.39 is 22.5 Å². The van der Waals surface area contributed by atoms with E-state index in [2.05, 4.69) is 10.5 Å². The molecule has 1 N–H and O–H groups in total. The third kappa shape index (κ3) is 5.79. The highest BCUT2D eigenvalue weighted by molar-refractivity contribution is 7.92. The van der Waals surface area contributed by atoms with Gasteiger partial charge in [0, 0.05) is 0 Å². The molecule has 0 aliphatic rings. The van der Waals surface area contributed by atoms with Crippen molar-refractivity contribution in [3.05, 3.63) is 95.1 Å². The summed E-state index contributed by atoms with van der Waals surface area (Å²) in [6, 6.07) is 21.2. The van der Waals surface area contributed by atoms with Crippen LogP contribution in [0.25, 0.3) is 0 Å². The zero-order valence-electron chi connectivity index (χ0n) is 17.7. The van der Waals surface area contributed by atoms with E-state index in [0.29, 0.717) is 5.69 Å². The molecule has 7 heteroatoms. The standard InChI is InChI=1S/C24H25N3O3S/c1-18-4-10-21(11-5-18)16-25-26-24(28)17-27(22-12-6-19(2)7-13-22)31(29,30)23-14-8-20(3)9-15-23/h4-16H,17H2,1-3H3,(H,26,28)/b25-16+. The van der Waals surface area contributed by atoms with Crippen LogP contribution >= 0.6 is 0 Å². The minimum absolute atomic E-state index is 0.120. The number of aryl methyl sites for hydroxylation is 3. The fourth-order valence-corrected chi connectivity index (χ4v) is 4.28. The number of hydrogen-bond acceptors (Lipinski definition) is 4. The lowest BCUT2D eigenvalue weighted by Crippen LogP contribution is -2.39. The largest absolute Gasteiger partial charge is 0.271 e. The first-order valence-electron chi connectivity index (χ1n) is 9.80. The van der Waals surface area contributed by atoms with Crippen LogP contribution < -0.4 is 9.73 Å². The molecular weight excluding hydrogens is 410 g/mol. The molecule has 3 rings (SSSR count). The second-order valence-electron chi connectivity index (χ2n) is 7.36. The summed E-state index contributed by atoms with van der Waals surface area (Å²) in [5, 5.41) is 3.95. The number of amides is 1. The van der Waals surface area contributed by atoms with E-state index in [9.17, 15) is 13.2 Å². The number of carbonyl (C=O) groups is 1. The molecule has 1 amide bonds. The van der Waals surface area contributed by atoms with Crippen LogP contribution in [0.3, 0.4) is 0 Å². The molecule has 0 saturated carbocycles. The van der Waals surface area contributed by atoms with Gasteiger partial charge in [-0.25, -0.2) is 13.8 Å². The molecule has 6 nitrogen and oxygen atoms in total. The predicted molar refractivity (Wildman–Crippen MR) is 124 cm³/mol. The highest BCUT2D eigenvalue weighted by Crippen LogP contribution is 2.24. The Bertz CT molecular complexity index is 1170. The molecule has 0 aliphatic carbocycles. The topological polar surface area (TPSA) is 78.8 Å². The third-order valence-corrected chi connectivity index (χ3v) is 6.49. The van der Waals surface area contributed by atoms with Crippen molar-refractivity contribution in [3.63, 3.8) is 0 Å². The molecule has 31 heavy (non-hydrogen) atoms. The van der Waals surface area contributed by atoms with Gasteiger partial charge in [0.1, 0.15) is 6.54 Å². The Kier molecular flexibility index (Phi) is 6.87. The number of hydrazone groups is 1. The molecule has 0 aliphatic heterocycles. The van der Waals surface area contributed by atoms with Gasteiger partial charge in [0.05, 0.1) is 16.8 Å². The Balaban J connectivity index is 1.82. The van der Waals surface area contributed by atoms with Crippen LogP contribution in [-0.2, 0) is 14.8 Å². The average molecular weight is 436 g/mol. The first-order valence-corrected chi connectivity index (χ1v) is 11.2. The first-order chi connectivity index (χ1) is 14.8. The van der Waals surface area contributed by atoms with E-state index in [-0.39, 0.29) is 4.90 Å². The molecule has 0 heterocycles. The van der Waals surface area contributed by atoms with Crippen LogP contribution in [0, 0.1) is 20.8 Å². The van der Waals surface area contributed by atoms with E-state index in [1.165, 1.54) is 6.21 Å². The molecule has 0 atom stereocenters. The van der Waals surface area contributed by atoms with Crippen LogP contribution in [0.2, 0.25) is 0 Å². The molecule has 0 saturated heterocycles. The quantitative estimate of drug-likeness (QED) is 0.451. The number of hydrogen-bond donors (Lipinski definition) is 1. The highest BCUT2D eigenvalue weighted by atomic mass is 32.2. The zero-order chi connectivity index (χ0) is 22.4. The fraction of sp³-hybridized carbons (Fsp3) is 0.167. The molecule has 0 bridgehead atoms. The van der Waals surface area contributed by atoms with Crippen molar-refractivity contribution < 1.29 is 13.2 Å². The van der Waals surface area contributed by atoms with Crippen molar-refractivity contribution in [2.24, 2.45) is 5.10 Å². The number of anilines is 1. The summed E-state index contributed by atoms with van der Waals surface area (Å²) in [6.45, 7) is 5.38. The molecular formula is C24H25N3O3S. The van der Waals surface area contributed by atoms with Crippen molar-refractivity contribution in [1.29, 1.82) is 0 Å². The lowest BCUT2D eigenvalue weighted by atomic mass is 10.2. The summed E-state index contributed by atoms with van der Waals surface area (Å²) >= 11 is 0. The van der Waals surface area contributed by atoms with Crippen LogP contribution in [-0.4, -0.2) is 27.1 Å². The fourth-order valence-electron chi connectivity index (χ4n) is 2.86. The molecule has 0 fully saturated rings. The Labute approximate surface area is 183 Å². The maximum atomic E-state index is 13.3. The molecule has 0 aromatic heterocycles. The second kappa shape index (κ2) is 9.57. The average Bonchev–Trinajstić information content (AvgIpc) is 2.74. The zero-order valence-corrected chi connectivity index (χ0v) is 18.6. The second-order valence-corrected chi connectivity index (χ2v) is 9.23. The van der Waals surface area contributed by atoms with E-state index in [1.807, 2.05) is 45.0 Å². The molecule has 3 aromatic rings. The minimum Gasteiger partial charge on any atom is -0.271 e. The van der Waals surface area contributed by atoms with Crippen LogP contribution in [0.5, 0.6) is 0 Å². The predicted octanol–water partition coefficient (Wildman–Crippen LogP) is 3.96. The number of sulfonamides is 1. The van der Waals surface area contributed by atoms with Crippen LogP contribution in [0.4, 0.5) is 5.69 Å². The van der Waals surface area contributed by atoms with Crippen molar-refractivity contribution in [1.82, 2.24) is 5.43 Å². The van der Waals surface area contributed by atoms with Gasteiger partial charge in [0.15, 0.2) is 0 Å². The number of nitrogens with one attached hydrogen (secondary N) is 1. The van der Waals surface area contributed by atoms with Gasteiger partial charge in [-0.05, 0) is 50.6 Å². The normalized spacial score (nSPS) is 11.5. The smallest absolute Gasteiger partial charge is 0.264 e. The summed E-state index contributed by atoms with van der Waals surface area (Å²) in [6.07, 6.45) is 1.52. The van der Waals surface area contributed by atoms with E-state index in [0.717, 1.165) is 26.6 Å². The number of rotatable bonds is 7. The Morgan fingerprint density at radius 2 is 1.32 bits per heavy atom. The first kappa shape index (κ1) is 22.2. The van der Waals surface area contributed by atoms with Gasteiger partial charge in [-0.1, -0.05) is 65.2 Å². The van der Waals surface area contributed by atoms with E-state index in [4.69, 9.17) is 0 Å². The third-order valence-electron chi connectivity index (χ3n) is 4.70. The number of nitrogens with zero attached hydrogens (tertiary/aromatic N) is 2. The van der Waals surface area contributed by atoms with Gasteiger partial charge in [-0.2, -0.15) is 5.10 Å². The van der Waals surface area contributed by atoms with Crippen molar-refractivity contribution in [3.8, 4) is 0 Å². The number of carbonyl (C=O) groups excluding carboxylic acids is 1. The van der Waals surface area contributed by atoms with Gasteiger partial charge in [-0.15, -0.1) is 0 Å². The maximum Gasteiger partial charge on any atom is 0.264 e. The van der Waals surface area contributed by atoms with Crippen molar-refractivity contribution >= 4 is 27.8 Å². The Morgan fingerprint density at radius 1 is 0.839 bits per heavy atom. The summed E-state index contributed by atoms with van der Waals surface area (Å²) < 4.78 is 27.7. The van der Waals surface area contributed by atoms with E-state index >= 15 is 0 Å². The van der Waals surface area contributed by atoms with Crippen molar-refractivity contribution in [2.45, 2.75) is 25.7 Å². The monoisotopic (exact) mass is 435 g/mol. The SMILES string of the molecule is Cc1ccc(/C=N/NC(=O)CN(c2ccc(C)cc2)S(=O)(=O)c2ccc(C)cc2)cc1. The highest BCUT2D eigenvalue weighted by Gasteiger charge is 2.27. The Morgan fingerprint density at radius 3 is 1.87 bits per heavy atom. The minimum atomic E-state index is -3.94. The lowest BCUT2D eigenvalue weighted by Gasteiger charge is -2.24. The summed E-state index contributed by atoms with van der Waals surface area (Å²) in [7, 11) is -3.94. The van der Waals surface area contributed by atoms with Crippen LogP contribution in [0.15, 0.2) is 82.8 Å². The van der Waals surface area contributed by atoms with Crippen molar-refractivity contribution in [2.75, 3.05) is 10.8 Å². The molecule has 160 valence electrons. The maximum absolute atomic E-state index is 13.3. The van der Waals surface area contributed by atoms with Gasteiger partial charge in [0.2, 0.25) is 0 Å². The molecule has 0 spiro atoms.